The maximum absolute atomic E-state index is 12.0. The number of aryl methyl sites for hydroxylation is 2. The van der Waals surface area contributed by atoms with Crippen LogP contribution in [0.3, 0.4) is 0 Å². The van der Waals surface area contributed by atoms with E-state index >= 15 is 0 Å². The fourth-order valence-corrected chi connectivity index (χ4v) is 3.32. The molecule has 1 unspecified atom stereocenters. The molecule has 1 atom stereocenters. The fraction of sp³-hybridized carbons (Fsp3) is 0.222. The molecule has 4 rings (SSSR count). The van der Waals surface area contributed by atoms with E-state index in [2.05, 4.69) is 26.5 Å². The van der Waals surface area contributed by atoms with Crippen molar-refractivity contribution >= 4 is 5.91 Å². The molecule has 0 saturated heterocycles. The van der Waals surface area contributed by atoms with E-state index < -0.39 is 0 Å². The highest BCUT2D eigenvalue weighted by atomic mass is 16.1. The number of carbonyl (C=O) groups is 1. The number of hydrogen-bond donors (Lipinski definition) is 1. The van der Waals surface area contributed by atoms with Crippen LogP contribution in [-0.2, 0) is 14.1 Å². The van der Waals surface area contributed by atoms with Gasteiger partial charge in [-0.25, -0.2) is 0 Å². The van der Waals surface area contributed by atoms with Crippen LogP contribution >= 0.6 is 0 Å². The van der Waals surface area contributed by atoms with Gasteiger partial charge >= 0.3 is 0 Å². The molecule has 3 aromatic rings. The lowest BCUT2D eigenvalue weighted by molar-refractivity contribution is 0.0985. The van der Waals surface area contributed by atoms with E-state index in [0.29, 0.717) is 16.8 Å². The predicted octanol–water partition coefficient (Wildman–Crippen LogP) is 1.97. The van der Waals surface area contributed by atoms with Crippen LogP contribution in [0.15, 0.2) is 40.8 Å². The second kappa shape index (κ2) is 6.26. The van der Waals surface area contributed by atoms with E-state index in [1.165, 1.54) is 4.68 Å². The zero-order chi connectivity index (χ0) is 19.1. The fourth-order valence-electron chi connectivity index (χ4n) is 3.32. The highest BCUT2D eigenvalue weighted by Crippen LogP contribution is 2.36. The third-order valence-corrected chi connectivity index (χ3v) is 4.70. The summed E-state index contributed by atoms with van der Waals surface area (Å²) >= 11 is 0. The first-order valence-corrected chi connectivity index (χ1v) is 8.29. The standard InChI is InChI=1S/C18H16N8O/c1-25-16(7-20)14(9-21-25)17-13(8-22-26(17)2)10-3-4-11-12(5-10)15(6-19)23-24-18(11)27/h3-5,8-9,15H,6,19H2,1-2H3. The number of azo groups is 1. The summed E-state index contributed by atoms with van der Waals surface area (Å²) in [5.41, 5.74) is 10.6. The van der Waals surface area contributed by atoms with Crippen molar-refractivity contribution in [1.82, 2.24) is 19.6 Å². The Balaban J connectivity index is 1.90. The summed E-state index contributed by atoms with van der Waals surface area (Å²) in [5.74, 6) is -0.369. The zero-order valence-corrected chi connectivity index (χ0v) is 14.8. The van der Waals surface area contributed by atoms with Gasteiger partial charge in [-0.05, 0) is 23.3 Å². The smallest absolute Gasteiger partial charge is 0.295 e. The van der Waals surface area contributed by atoms with Gasteiger partial charge in [0, 0.05) is 31.8 Å². The Labute approximate surface area is 154 Å². The Morgan fingerprint density at radius 3 is 2.63 bits per heavy atom. The van der Waals surface area contributed by atoms with E-state index in [-0.39, 0.29) is 18.5 Å². The number of carbonyl (C=O) groups excluding carboxylic acids is 1. The quantitative estimate of drug-likeness (QED) is 0.764. The highest BCUT2D eigenvalue weighted by Gasteiger charge is 2.25. The molecule has 134 valence electrons. The van der Waals surface area contributed by atoms with Gasteiger partial charge in [0.05, 0.1) is 23.7 Å². The molecule has 0 fully saturated rings. The largest absolute Gasteiger partial charge is 0.328 e. The van der Waals surface area contributed by atoms with Gasteiger partial charge < -0.3 is 5.73 Å². The predicted molar refractivity (Wildman–Crippen MR) is 96.5 cm³/mol. The Hall–Kier alpha value is -3.64. The van der Waals surface area contributed by atoms with Crippen molar-refractivity contribution in [1.29, 1.82) is 5.26 Å². The second-order valence-corrected chi connectivity index (χ2v) is 6.25. The van der Waals surface area contributed by atoms with Crippen LogP contribution in [0.4, 0.5) is 0 Å². The summed E-state index contributed by atoms with van der Waals surface area (Å²) in [6.45, 7) is 0.258. The summed E-state index contributed by atoms with van der Waals surface area (Å²) in [5, 5.41) is 25.7. The maximum Gasteiger partial charge on any atom is 0.295 e. The summed E-state index contributed by atoms with van der Waals surface area (Å²) < 4.78 is 3.24. The molecule has 27 heavy (non-hydrogen) atoms. The summed E-state index contributed by atoms with van der Waals surface area (Å²) in [7, 11) is 3.53. The number of nitriles is 1. The lowest BCUT2D eigenvalue weighted by atomic mass is 9.93. The first-order valence-electron chi connectivity index (χ1n) is 8.29. The van der Waals surface area contributed by atoms with Gasteiger partial charge in [0.15, 0.2) is 0 Å². The van der Waals surface area contributed by atoms with Crippen LogP contribution in [0.2, 0.25) is 0 Å². The van der Waals surface area contributed by atoms with Crippen LogP contribution in [0.1, 0.15) is 27.7 Å². The number of rotatable bonds is 3. The van der Waals surface area contributed by atoms with E-state index in [1.807, 2.05) is 19.2 Å². The highest BCUT2D eigenvalue weighted by molar-refractivity contribution is 5.98. The number of amides is 1. The number of nitrogens with two attached hydrogens (primary N) is 1. The van der Waals surface area contributed by atoms with Crippen molar-refractivity contribution in [3.63, 3.8) is 0 Å². The maximum atomic E-state index is 12.0. The van der Waals surface area contributed by atoms with Gasteiger partial charge in [0.25, 0.3) is 5.91 Å². The lowest BCUT2D eigenvalue weighted by Crippen LogP contribution is -2.17. The third-order valence-electron chi connectivity index (χ3n) is 4.70. The second-order valence-electron chi connectivity index (χ2n) is 6.25. The first-order chi connectivity index (χ1) is 13.0. The minimum atomic E-state index is -0.369. The van der Waals surface area contributed by atoms with Gasteiger partial charge in [-0.3, -0.25) is 14.2 Å². The first kappa shape index (κ1) is 16.8. The van der Waals surface area contributed by atoms with E-state index in [0.717, 1.165) is 22.4 Å². The lowest BCUT2D eigenvalue weighted by Gasteiger charge is -2.17. The van der Waals surface area contributed by atoms with Gasteiger partial charge in [-0.15, -0.1) is 5.11 Å². The third kappa shape index (κ3) is 2.54. The van der Waals surface area contributed by atoms with E-state index in [4.69, 9.17) is 5.73 Å². The molecule has 1 aliphatic rings. The molecular formula is C18H16N8O. The molecule has 3 heterocycles. The van der Waals surface area contributed by atoms with Gasteiger partial charge in [-0.2, -0.15) is 20.6 Å². The molecule has 0 aliphatic carbocycles. The molecule has 9 heteroatoms. The van der Waals surface area contributed by atoms with Gasteiger partial charge in [0.1, 0.15) is 17.8 Å². The number of hydrogen-bond acceptors (Lipinski definition) is 6. The van der Waals surface area contributed by atoms with Crippen molar-refractivity contribution < 1.29 is 4.79 Å². The molecule has 0 saturated carbocycles. The molecular weight excluding hydrogens is 344 g/mol. The normalized spacial score (nSPS) is 15.6. The SMILES string of the molecule is Cn1ncc(-c2c(-c3ccc4c(c3)C(CN)N=NC4=O)cnn2C)c1C#N. The summed E-state index contributed by atoms with van der Waals surface area (Å²) in [6.07, 6.45) is 3.38. The Morgan fingerprint density at radius 1 is 1.15 bits per heavy atom. The van der Waals surface area contributed by atoms with E-state index in [9.17, 15) is 10.1 Å². The summed E-state index contributed by atoms with van der Waals surface area (Å²) in [4.78, 5) is 12.0. The number of nitrogens with zero attached hydrogens (tertiary/aromatic N) is 7. The Kier molecular flexibility index (Phi) is 3.90. The van der Waals surface area contributed by atoms with Crippen molar-refractivity contribution in [3.8, 4) is 28.5 Å². The Morgan fingerprint density at radius 2 is 1.89 bits per heavy atom. The van der Waals surface area contributed by atoms with Crippen molar-refractivity contribution in [2.24, 2.45) is 30.1 Å². The molecule has 1 amide bonds. The van der Waals surface area contributed by atoms with Crippen molar-refractivity contribution in [2.75, 3.05) is 6.54 Å². The summed E-state index contributed by atoms with van der Waals surface area (Å²) in [6, 6.07) is 7.30. The van der Waals surface area contributed by atoms with Crippen LogP contribution in [-0.4, -0.2) is 32.0 Å². The zero-order valence-electron chi connectivity index (χ0n) is 14.8. The van der Waals surface area contributed by atoms with Crippen LogP contribution in [0.25, 0.3) is 22.4 Å². The Bertz CT molecular complexity index is 1130. The molecule has 2 N–H and O–H groups in total. The number of fused-ring (bicyclic) bond motifs is 1. The average molecular weight is 360 g/mol. The van der Waals surface area contributed by atoms with Crippen LogP contribution in [0.5, 0.6) is 0 Å². The van der Waals surface area contributed by atoms with Gasteiger partial charge in [-0.1, -0.05) is 6.07 Å². The van der Waals surface area contributed by atoms with Gasteiger partial charge in [0.2, 0.25) is 0 Å². The molecule has 1 aromatic carbocycles. The molecule has 0 bridgehead atoms. The van der Waals surface area contributed by atoms with Crippen LogP contribution < -0.4 is 5.73 Å². The minimum Gasteiger partial charge on any atom is -0.328 e. The minimum absolute atomic E-state index is 0.258. The molecule has 0 spiro atoms. The average Bonchev–Trinajstić information content (AvgIpc) is 3.23. The number of benzene rings is 1. The van der Waals surface area contributed by atoms with Crippen LogP contribution in [0, 0.1) is 11.3 Å². The number of aromatic nitrogens is 4. The molecule has 0 radical (unpaired) electrons. The molecule has 2 aromatic heterocycles. The van der Waals surface area contributed by atoms with E-state index in [1.54, 1.807) is 30.2 Å². The topological polar surface area (TPSA) is 127 Å². The molecule has 9 nitrogen and oxygen atoms in total. The molecule has 1 aliphatic heterocycles. The van der Waals surface area contributed by atoms with Crippen molar-refractivity contribution in [3.05, 3.63) is 47.4 Å². The van der Waals surface area contributed by atoms with Crippen molar-refractivity contribution in [2.45, 2.75) is 6.04 Å². The monoisotopic (exact) mass is 360 g/mol.